The molecule has 2 rings (SSSR count). The summed E-state index contributed by atoms with van der Waals surface area (Å²) in [5, 5.41) is 13.3. The molecule has 6 nitrogen and oxygen atoms in total. The highest BCUT2D eigenvalue weighted by molar-refractivity contribution is 6.05. The van der Waals surface area contributed by atoms with Gasteiger partial charge in [-0.1, -0.05) is 6.07 Å². The maximum atomic E-state index is 13.4. The smallest absolute Gasteiger partial charge is 0.293 e. The highest BCUT2D eigenvalue weighted by Gasteiger charge is 2.18. The second kappa shape index (κ2) is 5.43. The molecule has 0 aliphatic carbocycles. The van der Waals surface area contributed by atoms with E-state index in [0.29, 0.717) is 5.56 Å². The number of pyridine rings is 1. The fourth-order valence-electron chi connectivity index (χ4n) is 1.65. The average molecular weight is 275 g/mol. The quantitative estimate of drug-likeness (QED) is 0.689. The molecule has 0 saturated heterocycles. The summed E-state index contributed by atoms with van der Waals surface area (Å²) >= 11 is 0. The van der Waals surface area contributed by atoms with Crippen LogP contribution in [0.3, 0.4) is 0 Å². The highest BCUT2D eigenvalue weighted by atomic mass is 19.1. The van der Waals surface area contributed by atoms with Crippen LogP contribution in [-0.2, 0) is 0 Å². The summed E-state index contributed by atoms with van der Waals surface area (Å²) < 4.78 is 13.4. The third kappa shape index (κ3) is 2.77. The van der Waals surface area contributed by atoms with Crippen LogP contribution in [0.1, 0.15) is 15.9 Å². The third-order valence-corrected chi connectivity index (χ3v) is 2.62. The number of nitro benzene ring substituents is 1. The van der Waals surface area contributed by atoms with Gasteiger partial charge in [0.2, 0.25) is 0 Å². The Morgan fingerprint density at radius 1 is 1.40 bits per heavy atom. The predicted octanol–water partition coefficient (Wildman–Crippen LogP) is 2.69. The molecular formula is C13H10FN3O3. The molecule has 0 spiro atoms. The van der Waals surface area contributed by atoms with Crippen molar-refractivity contribution in [1.29, 1.82) is 0 Å². The number of hydrogen-bond donors (Lipinski definition) is 1. The fourth-order valence-corrected chi connectivity index (χ4v) is 1.65. The number of hydrogen-bond acceptors (Lipinski definition) is 4. The molecule has 102 valence electrons. The largest absolute Gasteiger partial charge is 0.316 e. The molecule has 20 heavy (non-hydrogen) atoms. The number of nitro groups is 1. The molecule has 1 heterocycles. The molecule has 0 unspecified atom stereocenters. The number of carbonyl (C=O) groups excluding carboxylic acids is 1. The lowest BCUT2D eigenvalue weighted by atomic mass is 10.1. The molecule has 1 amide bonds. The molecule has 1 aromatic heterocycles. The standard InChI is InChI=1S/C13H10FN3O3/c1-8-2-3-11(12(6-8)17(19)20)16-13(18)9-4-5-15-7-10(9)14/h2-7H,1H3,(H,16,18). The van der Waals surface area contributed by atoms with Gasteiger partial charge in [-0.15, -0.1) is 0 Å². The summed E-state index contributed by atoms with van der Waals surface area (Å²) in [6, 6.07) is 5.55. The molecule has 0 saturated carbocycles. The van der Waals surface area contributed by atoms with Gasteiger partial charge in [0.1, 0.15) is 5.69 Å². The van der Waals surface area contributed by atoms with Gasteiger partial charge in [-0.2, -0.15) is 0 Å². The number of aryl methyl sites for hydroxylation is 1. The van der Waals surface area contributed by atoms with Crippen molar-refractivity contribution in [3.05, 3.63) is 63.7 Å². The van der Waals surface area contributed by atoms with E-state index < -0.39 is 16.6 Å². The van der Waals surface area contributed by atoms with Crippen molar-refractivity contribution in [2.75, 3.05) is 5.32 Å². The Morgan fingerprint density at radius 3 is 2.80 bits per heavy atom. The van der Waals surface area contributed by atoms with Crippen molar-refractivity contribution in [3.8, 4) is 0 Å². The van der Waals surface area contributed by atoms with Crippen LogP contribution < -0.4 is 5.32 Å². The molecular weight excluding hydrogens is 265 g/mol. The first kappa shape index (κ1) is 13.6. The first-order valence-corrected chi connectivity index (χ1v) is 5.65. The molecule has 0 bridgehead atoms. The third-order valence-electron chi connectivity index (χ3n) is 2.62. The number of benzene rings is 1. The molecule has 0 atom stereocenters. The minimum absolute atomic E-state index is 0.0156. The Balaban J connectivity index is 2.33. The minimum atomic E-state index is -0.792. The van der Waals surface area contributed by atoms with Crippen LogP contribution in [0.5, 0.6) is 0 Å². The SMILES string of the molecule is Cc1ccc(NC(=O)c2ccncc2F)c([N+](=O)[O-])c1. The Morgan fingerprint density at radius 2 is 2.15 bits per heavy atom. The van der Waals surface area contributed by atoms with Crippen LogP contribution >= 0.6 is 0 Å². The summed E-state index contributed by atoms with van der Waals surface area (Å²) in [5.41, 5.74) is 0.231. The molecule has 7 heteroatoms. The summed E-state index contributed by atoms with van der Waals surface area (Å²) in [4.78, 5) is 25.7. The minimum Gasteiger partial charge on any atom is -0.316 e. The van der Waals surface area contributed by atoms with Gasteiger partial charge in [-0.25, -0.2) is 4.39 Å². The molecule has 0 aliphatic rings. The van der Waals surface area contributed by atoms with E-state index in [1.807, 2.05) is 0 Å². The van der Waals surface area contributed by atoms with Gasteiger partial charge in [-0.05, 0) is 24.6 Å². The first-order valence-electron chi connectivity index (χ1n) is 5.65. The van der Waals surface area contributed by atoms with Crippen molar-refractivity contribution in [2.45, 2.75) is 6.92 Å². The lowest BCUT2D eigenvalue weighted by Crippen LogP contribution is -2.15. The van der Waals surface area contributed by atoms with Gasteiger partial charge in [-0.3, -0.25) is 19.9 Å². The van der Waals surface area contributed by atoms with Crippen molar-refractivity contribution < 1.29 is 14.1 Å². The molecule has 0 radical (unpaired) electrons. The van der Waals surface area contributed by atoms with Crippen molar-refractivity contribution in [1.82, 2.24) is 4.98 Å². The number of anilines is 1. The molecule has 2 aromatic rings. The highest BCUT2D eigenvalue weighted by Crippen LogP contribution is 2.25. The summed E-state index contributed by atoms with van der Waals surface area (Å²) in [6.45, 7) is 1.70. The van der Waals surface area contributed by atoms with E-state index in [1.54, 1.807) is 13.0 Å². The zero-order chi connectivity index (χ0) is 14.7. The number of nitrogens with zero attached hydrogens (tertiary/aromatic N) is 2. The number of aromatic nitrogens is 1. The van der Waals surface area contributed by atoms with E-state index in [4.69, 9.17) is 0 Å². The number of nitrogens with one attached hydrogen (secondary N) is 1. The van der Waals surface area contributed by atoms with Gasteiger partial charge >= 0.3 is 0 Å². The monoisotopic (exact) mass is 275 g/mol. The summed E-state index contributed by atoms with van der Waals surface area (Å²) in [6.07, 6.45) is 2.17. The van der Waals surface area contributed by atoms with E-state index in [1.165, 1.54) is 24.4 Å². The van der Waals surface area contributed by atoms with E-state index >= 15 is 0 Å². The van der Waals surface area contributed by atoms with Crippen molar-refractivity contribution in [2.24, 2.45) is 0 Å². The van der Waals surface area contributed by atoms with Crippen LogP contribution in [0, 0.1) is 22.9 Å². The molecule has 1 N–H and O–H groups in total. The zero-order valence-corrected chi connectivity index (χ0v) is 10.5. The summed E-state index contributed by atoms with van der Waals surface area (Å²) in [5.74, 6) is -1.56. The van der Waals surface area contributed by atoms with Gasteiger partial charge in [0.25, 0.3) is 11.6 Å². The van der Waals surface area contributed by atoms with Gasteiger partial charge in [0, 0.05) is 12.3 Å². The average Bonchev–Trinajstić information content (AvgIpc) is 2.41. The normalized spacial score (nSPS) is 10.1. The zero-order valence-electron chi connectivity index (χ0n) is 10.5. The van der Waals surface area contributed by atoms with Crippen molar-refractivity contribution in [3.63, 3.8) is 0 Å². The van der Waals surface area contributed by atoms with Gasteiger partial charge in [0.15, 0.2) is 5.82 Å². The van der Waals surface area contributed by atoms with Crippen LogP contribution in [0.2, 0.25) is 0 Å². The number of carbonyl (C=O) groups is 1. The maximum absolute atomic E-state index is 13.4. The molecule has 1 aromatic carbocycles. The van der Waals surface area contributed by atoms with Crippen molar-refractivity contribution >= 4 is 17.3 Å². The lowest BCUT2D eigenvalue weighted by molar-refractivity contribution is -0.384. The van der Waals surface area contributed by atoms with E-state index in [-0.39, 0.29) is 16.9 Å². The van der Waals surface area contributed by atoms with Crippen LogP contribution in [0.4, 0.5) is 15.8 Å². The Kier molecular flexibility index (Phi) is 3.69. The topological polar surface area (TPSA) is 85.1 Å². The number of amides is 1. The number of halogens is 1. The van der Waals surface area contributed by atoms with Gasteiger partial charge < -0.3 is 5.32 Å². The fraction of sp³-hybridized carbons (Fsp3) is 0.0769. The molecule has 0 aliphatic heterocycles. The first-order chi connectivity index (χ1) is 9.49. The van der Waals surface area contributed by atoms with E-state index in [2.05, 4.69) is 10.3 Å². The Bertz CT molecular complexity index is 688. The van der Waals surface area contributed by atoms with Crippen LogP contribution in [0.25, 0.3) is 0 Å². The maximum Gasteiger partial charge on any atom is 0.293 e. The summed E-state index contributed by atoms with van der Waals surface area (Å²) in [7, 11) is 0. The van der Waals surface area contributed by atoms with E-state index in [9.17, 15) is 19.3 Å². The lowest BCUT2D eigenvalue weighted by Gasteiger charge is -2.07. The predicted molar refractivity (Wildman–Crippen MR) is 70.0 cm³/mol. The molecule has 0 fully saturated rings. The van der Waals surface area contributed by atoms with E-state index in [0.717, 1.165) is 6.20 Å². The second-order valence-corrected chi connectivity index (χ2v) is 4.09. The Labute approximate surface area is 113 Å². The van der Waals surface area contributed by atoms with Gasteiger partial charge in [0.05, 0.1) is 16.7 Å². The Hall–Kier alpha value is -2.83. The van der Waals surface area contributed by atoms with Crippen LogP contribution in [0.15, 0.2) is 36.7 Å². The van der Waals surface area contributed by atoms with Crippen LogP contribution in [-0.4, -0.2) is 15.8 Å². The number of rotatable bonds is 3. The second-order valence-electron chi connectivity index (χ2n) is 4.09.